The minimum absolute atomic E-state index is 0.0445. The number of hydrogen-bond acceptors (Lipinski definition) is 5. The Labute approximate surface area is 194 Å². The number of furan rings is 1. The quantitative estimate of drug-likeness (QED) is 0.521. The molecule has 0 unspecified atom stereocenters. The molecular weight excluding hydrogens is 445 g/mol. The molecule has 1 fully saturated rings. The molecule has 2 aromatic heterocycles. The molecule has 9 heteroatoms. The lowest BCUT2D eigenvalue weighted by Crippen LogP contribution is -2.49. The summed E-state index contributed by atoms with van der Waals surface area (Å²) in [6.07, 6.45) is 5.21. The van der Waals surface area contributed by atoms with Crippen molar-refractivity contribution in [2.75, 3.05) is 11.4 Å². The van der Waals surface area contributed by atoms with Crippen LogP contribution >= 0.6 is 11.3 Å². The lowest BCUT2D eigenvalue weighted by molar-refractivity contribution is -0.126. The number of thiophene rings is 1. The summed E-state index contributed by atoms with van der Waals surface area (Å²) in [7, 11) is 0. The van der Waals surface area contributed by atoms with Crippen molar-refractivity contribution in [2.45, 2.75) is 37.8 Å². The fourth-order valence-electron chi connectivity index (χ4n) is 3.97. The van der Waals surface area contributed by atoms with Crippen molar-refractivity contribution in [2.24, 2.45) is 0 Å². The normalized spacial score (nSPS) is 14.6. The van der Waals surface area contributed by atoms with Gasteiger partial charge in [0, 0.05) is 16.6 Å². The Bertz CT molecular complexity index is 1090. The van der Waals surface area contributed by atoms with Crippen LogP contribution in [0.4, 0.5) is 10.1 Å². The van der Waals surface area contributed by atoms with Crippen molar-refractivity contribution in [1.82, 2.24) is 10.6 Å². The van der Waals surface area contributed by atoms with Gasteiger partial charge in [-0.15, -0.1) is 11.3 Å². The Hall–Kier alpha value is -3.46. The van der Waals surface area contributed by atoms with Crippen LogP contribution in [0, 0.1) is 5.82 Å². The van der Waals surface area contributed by atoms with Gasteiger partial charge in [-0.2, -0.15) is 0 Å². The fourth-order valence-corrected chi connectivity index (χ4v) is 4.78. The molecule has 1 aliphatic rings. The number of nitrogens with zero attached hydrogens (tertiary/aromatic N) is 1. The standard InChI is InChI=1S/C24H24FN3O4S/c25-16-6-3-9-18(14-16)28(21(29)15-26-23(30)19-10-4-12-32-19)22(20-11-5-13-33-20)24(31)27-17-7-1-2-8-17/h3-6,9-14,17,22H,1-2,7-8,15H2,(H,26,30)(H,27,31)/t22-/m0/s1. The van der Waals surface area contributed by atoms with Gasteiger partial charge >= 0.3 is 0 Å². The molecule has 33 heavy (non-hydrogen) atoms. The van der Waals surface area contributed by atoms with E-state index in [2.05, 4.69) is 10.6 Å². The van der Waals surface area contributed by atoms with Crippen molar-refractivity contribution in [3.8, 4) is 0 Å². The van der Waals surface area contributed by atoms with Crippen LogP contribution in [0.3, 0.4) is 0 Å². The highest BCUT2D eigenvalue weighted by atomic mass is 32.1. The average Bonchev–Trinajstić information content (AvgIpc) is 3.58. The van der Waals surface area contributed by atoms with E-state index >= 15 is 0 Å². The summed E-state index contributed by atoms with van der Waals surface area (Å²) in [5.41, 5.74) is 0.229. The molecule has 172 valence electrons. The van der Waals surface area contributed by atoms with Gasteiger partial charge in [0.25, 0.3) is 5.91 Å². The van der Waals surface area contributed by atoms with Crippen LogP contribution in [0.1, 0.15) is 47.2 Å². The van der Waals surface area contributed by atoms with Gasteiger partial charge in [0.1, 0.15) is 11.9 Å². The maximum atomic E-state index is 14.1. The molecule has 0 aliphatic heterocycles. The van der Waals surface area contributed by atoms with Crippen LogP contribution in [0.5, 0.6) is 0 Å². The van der Waals surface area contributed by atoms with Gasteiger partial charge < -0.3 is 15.1 Å². The molecular formula is C24H24FN3O4S. The number of amides is 3. The van der Waals surface area contributed by atoms with E-state index in [9.17, 15) is 18.8 Å². The van der Waals surface area contributed by atoms with E-state index in [1.807, 2.05) is 5.38 Å². The second-order valence-corrected chi connectivity index (χ2v) is 8.79. The number of carbonyl (C=O) groups is 3. The molecule has 2 heterocycles. The van der Waals surface area contributed by atoms with Crippen LogP contribution in [0.2, 0.25) is 0 Å². The van der Waals surface area contributed by atoms with E-state index in [1.54, 1.807) is 24.3 Å². The molecule has 0 spiro atoms. The third-order valence-electron chi connectivity index (χ3n) is 5.52. The van der Waals surface area contributed by atoms with Gasteiger partial charge in [0.15, 0.2) is 5.76 Å². The lowest BCUT2D eigenvalue weighted by Gasteiger charge is -2.31. The van der Waals surface area contributed by atoms with E-state index < -0.39 is 30.2 Å². The smallest absolute Gasteiger partial charge is 0.287 e. The Morgan fingerprint density at radius 3 is 2.61 bits per heavy atom. The van der Waals surface area contributed by atoms with Gasteiger partial charge in [-0.25, -0.2) is 4.39 Å². The predicted octanol–water partition coefficient (Wildman–Crippen LogP) is 4.04. The van der Waals surface area contributed by atoms with Gasteiger partial charge in [-0.05, 0) is 54.6 Å². The first kappa shape index (κ1) is 22.7. The van der Waals surface area contributed by atoms with Gasteiger partial charge in [0.2, 0.25) is 11.8 Å². The highest BCUT2D eigenvalue weighted by Crippen LogP contribution is 2.32. The van der Waals surface area contributed by atoms with E-state index in [4.69, 9.17) is 4.42 Å². The van der Waals surface area contributed by atoms with Crippen molar-refractivity contribution in [1.29, 1.82) is 0 Å². The van der Waals surface area contributed by atoms with E-state index in [1.165, 1.54) is 46.8 Å². The lowest BCUT2D eigenvalue weighted by atomic mass is 10.1. The topological polar surface area (TPSA) is 91.7 Å². The monoisotopic (exact) mass is 469 g/mol. The summed E-state index contributed by atoms with van der Waals surface area (Å²) in [6.45, 7) is -0.394. The minimum atomic E-state index is -1.000. The molecule has 1 aromatic carbocycles. The first-order chi connectivity index (χ1) is 16.0. The predicted molar refractivity (Wildman–Crippen MR) is 122 cm³/mol. The summed E-state index contributed by atoms with van der Waals surface area (Å²) in [6, 6.07) is 11.2. The largest absolute Gasteiger partial charge is 0.459 e. The molecule has 0 radical (unpaired) electrons. The van der Waals surface area contributed by atoms with Crippen LogP contribution in [-0.2, 0) is 9.59 Å². The number of benzene rings is 1. The van der Waals surface area contributed by atoms with E-state index in [0.717, 1.165) is 25.7 Å². The van der Waals surface area contributed by atoms with Crippen LogP contribution < -0.4 is 15.5 Å². The molecule has 0 bridgehead atoms. The number of rotatable bonds is 8. The van der Waals surface area contributed by atoms with Crippen molar-refractivity contribution in [3.63, 3.8) is 0 Å². The molecule has 3 aromatic rings. The molecule has 1 aliphatic carbocycles. The maximum absolute atomic E-state index is 14.1. The maximum Gasteiger partial charge on any atom is 0.287 e. The molecule has 3 amide bonds. The van der Waals surface area contributed by atoms with Gasteiger partial charge in [-0.1, -0.05) is 25.0 Å². The number of anilines is 1. The molecule has 1 atom stereocenters. The Kier molecular flexibility index (Phi) is 7.19. The van der Waals surface area contributed by atoms with Gasteiger partial charge in [-0.3, -0.25) is 19.3 Å². The molecule has 2 N–H and O–H groups in total. The SMILES string of the molecule is O=C(NCC(=O)N(c1cccc(F)c1)[C@H](C(=O)NC1CCCC1)c1cccs1)c1ccco1. The number of halogens is 1. The molecule has 1 saturated carbocycles. The summed E-state index contributed by atoms with van der Waals surface area (Å²) >= 11 is 1.33. The third kappa shape index (κ3) is 5.48. The Morgan fingerprint density at radius 2 is 1.94 bits per heavy atom. The second kappa shape index (κ2) is 10.4. The summed E-state index contributed by atoms with van der Waals surface area (Å²) < 4.78 is 19.2. The van der Waals surface area contributed by atoms with Crippen molar-refractivity contribution >= 4 is 34.7 Å². The highest BCUT2D eigenvalue weighted by Gasteiger charge is 2.35. The fraction of sp³-hybridized carbons (Fsp3) is 0.292. The zero-order valence-electron chi connectivity index (χ0n) is 17.8. The summed E-state index contributed by atoms with van der Waals surface area (Å²) in [5.74, 6) is -1.92. The number of hydrogen-bond donors (Lipinski definition) is 2. The summed E-state index contributed by atoms with van der Waals surface area (Å²) in [5, 5.41) is 7.39. The van der Waals surface area contributed by atoms with Crippen LogP contribution in [0.25, 0.3) is 0 Å². The highest BCUT2D eigenvalue weighted by molar-refractivity contribution is 7.10. The van der Waals surface area contributed by atoms with Gasteiger partial charge in [0.05, 0.1) is 12.8 Å². The minimum Gasteiger partial charge on any atom is -0.459 e. The number of carbonyl (C=O) groups excluding carboxylic acids is 3. The zero-order valence-corrected chi connectivity index (χ0v) is 18.6. The summed E-state index contributed by atoms with van der Waals surface area (Å²) in [4.78, 5) is 41.0. The van der Waals surface area contributed by atoms with Crippen LogP contribution in [0.15, 0.2) is 64.6 Å². The Morgan fingerprint density at radius 1 is 1.12 bits per heavy atom. The average molecular weight is 470 g/mol. The molecule has 4 rings (SSSR count). The first-order valence-corrected chi connectivity index (χ1v) is 11.6. The Balaban J connectivity index is 1.63. The third-order valence-corrected chi connectivity index (χ3v) is 6.45. The van der Waals surface area contributed by atoms with Crippen LogP contribution in [-0.4, -0.2) is 30.3 Å². The van der Waals surface area contributed by atoms with Crippen molar-refractivity contribution < 1.29 is 23.2 Å². The van der Waals surface area contributed by atoms with E-state index in [0.29, 0.717) is 4.88 Å². The van der Waals surface area contributed by atoms with E-state index in [-0.39, 0.29) is 23.4 Å². The zero-order chi connectivity index (χ0) is 23.2. The number of nitrogens with one attached hydrogen (secondary N) is 2. The molecule has 0 saturated heterocycles. The second-order valence-electron chi connectivity index (χ2n) is 7.81. The van der Waals surface area contributed by atoms with Crippen molar-refractivity contribution in [3.05, 3.63) is 76.6 Å². The molecule has 7 nitrogen and oxygen atoms in total. The first-order valence-electron chi connectivity index (χ1n) is 10.8.